The van der Waals surface area contributed by atoms with Gasteiger partial charge in [-0.2, -0.15) is 0 Å². The van der Waals surface area contributed by atoms with Gasteiger partial charge in [-0.25, -0.2) is 0 Å². The summed E-state index contributed by atoms with van der Waals surface area (Å²) in [6, 6.07) is 21.5. The summed E-state index contributed by atoms with van der Waals surface area (Å²) < 4.78 is 0. The molecule has 3 aromatic carbocycles. The molecule has 200 valence electrons. The quantitative estimate of drug-likeness (QED) is 0.402. The van der Waals surface area contributed by atoms with E-state index in [1.807, 2.05) is 86.6 Å². The van der Waals surface area contributed by atoms with E-state index >= 15 is 0 Å². The van der Waals surface area contributed by atoms with Crippen molar-refractivity contribution in [3.63, 3.8) is 0 Å². The highest BCUT2D eigenvalue weighted by Crippen LogP contribution is 2.24. The minimum absolute atomic E-state index is 0.293. The van der Waals surface area contributed by atoms with Gasteiger partial charge in [-0.15, -0.1) is 0 Å². The molecular weight excluding hydrogens is 476 g/mol. The molecule has 2 atom stereocenters. The van der Waals surface area contributed by atoms with Crippen molar-refractivity contribution in [1.29, 1.82) is 0 Å². The second-order valence-electron chi connectivity index (χ2n) is 10.3. The van der Waals surface area contributed by atoms with E-state index in [4.69, 9.17) is 5.73 Å². The molecule has 7 heteroatoms. The molecule has 0 aliphatic heterocycles. The van der Waals surface area contributed by atoms with Gasteiger partial charge in [0.1, 0.15) is 12.1 Å². The number of carbonyl (C=O) groups excluding carboxylic acids is 3. The molecule has 0 saturated heterocycles. The Bertz CT molecular complexity index is 1300. The van der Waals surface area contributed by atoms with Gasteiger partial charge >= 0.3 is 0 Å². The number of hydrogen-bond acceptors (Lipinski definition) is 4. The Balaban J connectivity index is 1.97. The molecule has 0 aromatic heterocycles. The number of rotatable bonds is 10. The van der Waals surface area contributed by atoms with Crippen LogP contribution in [0.3, 0.4) is 0 Å². The van der Waals surface area contributed by atoms with Gasteiger partial charge in [-0.05, 0) is 48.2 Å². The third-order valence-electron chi connectivity index (χ3n) is 6.59. The second kappa shape index (κ2) is 12.5. The van der Waals surface area contributed by atoms with E-state index in [2.05, 4.69) is 5.32 Å². The molecule has 38 heavy (non-hydrogen) atoms. The molecule has 0 aliphatic rings. The topological polar surface area (TPSA) is 95.7 Å². The summed E-state index contributed by atoms with van der Waals surface area (Å²) in [5.74, 6) is -0.951. The van der Waals surface area contributed by atoms with Crippen LogP contribution in [0.4, 0.5) is 0 Å². The van der Waals surface area contributed by atoms with Crippen molar-refractivity contribution in [1.82, 2.24) is 15.1 Å². The first-order valence-corrected chi connectivity index (χ1v) is 12.7. The predicted molar refractivity (Wildman–Crippen MR) is 152 cm³/mol. The lowest BCUT2D eigenvalue weighted by molar-refractivity contribution is -0.146. The van der Waals surface area contributed by atoms with E-state index in [1.54, 1.807) is 27.2 Å². The minimum atomic E-state index is -0.843. The van der Waals surface area contributed by atoms with Crippen molar-refractivity contribution < 1.29 is 14.4 Å². The summed E-state index contributed by atoms with van der Waals surface area (Å²) in [5, 5.41) is 4.81. The lowest BCUT2D eigenvalue weighted by Crippen LogP contribution is -2.52. The summed E-state index contributed by atoms with van der Waals surface area (Å²) in [5.41, 5.74) is 7.20. The monoisotopic (exact) mass is 514 g/mol. The molecule has 0 unspecified atom stereocenters. The van der Waals surface area contributed by atoms with Crippen LogP contribution in [0.25, 0.3) is 10.8 Å². The zero-order valence-electron chi connectivity index (χ0n) is 22.8. The first-order chi connectivity index (χ1) is 18.0. The molecule has 0 spiro atoms. The molecule has 0 radical (unpaired) electrons. The van der Waals surface area contributed by atoms with E-state index < -0.39 is 17.6 Å². The standard InChI is InChI=1S/C31H38N4O3/c1-31(2,32)19-11-16-27(36)34(4)26(21-22-17-18-23-12-9-10-15-25(23)20-22)30(38)35(5)28(29(37)33-3)24-13-7-6-8-14-24/h6-18,20,26,28H,19,21,32H2,1-5H3,(H,33,37)/b16-11+/t26-,28-/m1/s1. The molecule has 0 heterocycles. The maximum absolute atomic E-state index is 14.0. The van der Waals surface area contributed by atoms with Crippen LogP contribution in [-0.2, 0) is 20.8 Å². The fraction of sp³-hybridized carbons (Fsp3) is 0.323. The Morgan fingerprint density at radius 1 is 0.921 bits per heavy atom. The summed E-state index contributed by atoms with van der Waals surface area (Å²) in [6.45, 7) is 3.77. The van der Waals surface area contributed by atoms with Gasteiger partial charge in [0.05, 0.1) is 0 Å². The predicted octanol–water partition coefficient (Wildman–Crippen LogP) is 3.84. The van der Waals surface area contributed by atoms with Crippen LogP contribution >= 0.6 is 0 Å². The van der Waals surface area contributed by atoms with E-state index in [9.17, 15) is 14.4 Å². The van der Waals surface area contributed by atoms with Gasteiger partial charge in [0, 0.05) is 33.1 Å². The molecule has 3 aromatic rings. The summed E-state index contributed by atoms with van der Waals surface area (Å²) >= 11 is 0. The maximum Gasteiger partial charge on any atom is 0.247 e. The fourth-order valence-corrected chi connectivity index (χ4v) is 4.40. The van der Waals surface area contributed by atoms with Crippen LogP contribution < -0.4 is 11.1 Å². The van der Waals surface area contributed by atoms with Crippen LogP contribution in [0.5, 0.6) is 0 Å². The van der Waals surface area contributed by atoms with Gasteiger partial charge in [0.25, 0.3) is 0 Å². The Morgan fingerprint density at radius 2 is 1.55 bits per heavy atom. The largest absolute Gasteiger partial charge is 0.357 e. The number of amides is 3. The lowest BCUT2D eigenvalue weighted by atomic mass is 9.98. The van der Waals surface area contributed by atoms with Crippen molar-refractivity contribution in [2.24, 2.45) is 5.73 Å². The summed E-state index contributed by atoms with van der Waals surface area (Å²) in [6.07, 6.45) is 4.00. The van der Waals surface area contributed by atoms with Crippen LogP contribution in [0, 0.1) is 0 Å². The minimum Gasteiger partial charge on any atom is -0.357 e. The van der Waals surface area contributed by atoms with E-state index in [1.165, 1.54) is 15.9 Å². The smallest absolute Gasteiger partial charge is 0.247 e. The average molecular weight is 515 g/mol. The molecule has 3 N–H and O–H groups in total. The summed E-state index contributed by atoms with van der Waals surface area (Å²) in [4.78, 5) is 43.0. The molecule has 0 fully saturated rings. The van der Waals surface area contributed by atoms with E-state index in [0.717, 1.165) is 16.3 Å². The van der Waals surface area contributed by atoms with Crippen LogP contribution in [-0.4, -0.2) is 60.2 Å². The average Bonchev–Trinajstić information content (AvgIpc) is 2.90. The SMILES string of the molecule is CNC(=O)[C@@H](c1ccccc1)N(C)C(=O)[C@@H](Cc1ccc2ccccc2c1)N(C)C(=O)/C=C/CC(C)(C)N. The number of nitrogens with zero attached hydrogens (tertiary/aromatic N) is 2. The first kappa shape index (κ1) is 28.6. The normalized spacial score (nSPS) is 13.2. The second-order valence-corrected chi connectivity index (χ2v) is 10.3. The number of fused-ring (bicyclic) bond motifs is 1. The Hall–Kier alpha value is -3.97. The first-order valence-electron chi connectivity index (χ1n) is 12.7. The third-order valence-corrected chi connectivity index (χ3v) is 6.59. The highest BCUT2D eigenvalue weighted by molar-refractivity contribution is 5.95. The number of nitrogens with two attached hydrogens (primary N) is 1. The molecule has 7 nitrogen and oxygen atoms in total. The van der Waals surface area contributed by atoms with Crippen molar-refractivity contribution in [3.8, 4) is 0 Å². The molecule has 0 aliphatic carbocycles. The molecule has 0 bridgehead atoms. The van der Waals surface area contributed by atoms with Gasteiger partial charge in [-0.1, -0.05) is 78.9 Å². The van der Waals surface area contributed by atoms with Crippen LogP contribution in [0.2, 0.25) is 0 Å². The van der Waals surface area contributed by atoms with E-state index in [-0.39, 0.29) is 17.7 Å². The lowest BCUT2D eigenvalue weighted by Gasteiger charge is -2.34. The fourth-order valence-electron chi connectivity index (χ4n) is 4.40. The van der Waals surface area contributed by atoms with Crippen LogP contribution in [0.1, 0.15) is 37.4 Å². The van der Waals surface area contributed by atoms with Crippen molar-refractivity contribution in [2.45, 2.75) is 44.3 Å². The molecule has 3 rings (SSSR count). The summed E-state index contributed by atoms with van der Waals surface area (Å²) in [7, 11) is 4.77. The Labute approximate surface area is 225 Å². The number of hydrogen-bond donors (Lipinski definition) is 2. The number of benzene rings is 3. The van der Waals surface area contributed by atoms with E-state index in [0.29, 0.717) is 18.4 Å². The van der Waals surface area contributed by atoms with Gasteiger partial charge in [0.2, 0.25) is 17.7 Å². The highest BCUT2D eigenvalue weighted by Gasteiger charge is 2.35. The number of nitrogens with one attached hydrogen (secondary N) is 1. The van der Waals surface area contributed by atoms with Crippen molar-refractivity contribution >= 4 is 28.5 Å². The Kier molecular flexibility index (Phi) is 9.42. The van der Waals surface area contributed by atoms with Crippen molar-refractivity contribution in [2.75, 3.05) is 21.1 Å². The van der Waals surface area contributed by atoms with Crippen LogP contribution in [0.15, 0.2) is 84.9 Å². The zero-order chi connectivity index (χ0) is 27.9. The molecule has 0 saturated carbocycles. The maximum atomic E-state index is 14.0. The molecule has 3 amide bonds. The van der Waals surface area contributed by atoms with Gasteiger partial charge in [0.15, 0.2) is 0 Å². The van der Waals surface area contributed by atoms with Gasteiger partial charge in [-0.3, -0.25) is 14.4 Å². The Morgan fingerprint density at radius 3 is 2.18 bits per heavy atom. The zero-order valence-corrected chi connectivity index (χ0v) is 22.8. The van der Waals surface area contributed by atoms with Gasteiger partial charge < -0.3 is 20.9 Å². The number of carbonyl (C=O) groups is 3. The molecular formula is C31H38N4O3. The highest BCUT2D eigenvalue weighted by atomic mass is 16.2. The third kappa shape index (κ3) is 7.29. The number of likely N-dealkylation sites (N-methyl/N-ethyl adjacent to an activating group) is 3. The van der Waals surface area contributed by atoms with Crippen molar-refractivity contribution in [3.05, 3.63) is 96.1 Å².